The Bertz CT molecular complexity index is 1310. The molecule has 8 rings (SSSR count). The molecule has 184 valence electrons. The van der Waals surface area contributed by atoms with Crippen LogP contribution in [0.3, 0.4) is 0 Å². The molecule has 3 atom stereocenters. The molecule has 0 spiro atoms. The van der Waals surface area contributed by atoms with Crippen LogP contribution in [0, 0.1) is 12.3 Å². The monoisotopic (exact) mass is 483 g/mol. The van der Waals surface area contributed by atoms with Crippen molar-refractivity contribution in [3.63, 3.8) is 0 Å². The molecule has 4 heterocycles. The van der Waals surface area contributed by atoms with Crippen LogP contribution in [0.5, 0.6) is 0 Å². The Balaban J connectivity index is 1.24. The van der Waals surface area contributed by atoms with E-state index in [4.69, 9.17) is 14.7 Å². The number of aryl methyl sites for hydroxylation is 1. The zero-order valence-electron chi connectivity index (χ0n) is 19.8. The van der Waals surface area contributed by atoms with Crippen molar-refractivity contribution in [3.05, 3.63) is 47.3 Å². The minimum atomic E-state index is -4.15. The van der Waals surface area contributed by atoms with Crippen molar-refractivity contribution in [2.45, 2.75) is 94.6 Å². The first-order valence-corrected chi connectivity index (χ1v) is 12.6. The lowest BCUT2D eigenvalue weighted by molar-refractivity contribution is -0.337. The van der Waals surface area contributed by atoms with E-state index in [1.165, 1.54) is 12.8 Å². The maximum absolute atomic E-state index is 13.6. The first-order valence-electron chi connectivity index (χ1n) is 12.6. The molecule has 0 radical (unpaired) electrons. The standard InChI is InChI=1S/C26H28F3N5O/c1-14-3-6-19-21(24-11-25(12-24,13-24)26(27,28)29)32-22(33-23(19)31-14)16-7-15(2)35-20(8-16)17-9-30-34(10-17)18-4-5-18/h3,6,9-10,15-16,18,20H,4-5,7-8,11-13H2,1-2H3/t15-,16+,20-,24?,25?/m1/s1. The Morgan fingerprint density at radius 3 is 2.54 bits per heavy atom. The number of aromatic nitrogens is 5. The SMILES string of the molecule is Cc1ccc2c(C34CC(C(F)(F)F)(C3)C4)nc([C@H]3C[C@@H](C)O[C@@H](c4cnn(C5CC5)c4)C3)nc2n1. The van der Waals surface area contributed by atoms with Crippen LogP contribution in [0.15, 0.2) is 24.5 Å². The van der Waals surface area contributed by atoms with Crippen LogP contribution in [0.25, 0.3) is 11.0 Å². The highest BCUT2D eigenvalue weighted by molar-refractivity contribution is 5.79. The maximum Gasteiger partial charge on any atom is 0.394 e. The van der Waals surface area contributed by atoms with Gasteiger partial charge in [0.2, 0.25) is 0 Å². The average molecular weight is 484 g/mol. The maximum atomic E-state index is 13.6. The van der Waals surface area contributed by atoms with E-state index in [0.29, 0.717) is 17.5 Å². The highest BCUT2D eigenvalue weighted by Crippen LogP contribution is 2.78. The third-order valence-electron chi connectivity index (χ3n) is 8.64. The number of hydrogen-bond donors (Lipinski definition) is 0. The number of halogens is 3. The highest BCUT2D eigenvalue weighted by atomic mass is 19.4. The Labute approximate surface area is 201 Å². The topological polar surface area (TPSA) is 65.7 Å². The van der Waals surface area contributed by atoms with Gasteiger partial charge in [-0.1, -0.05) is 0 Å². The fraction of sp³-hybridized carbons (Fsp3) is 0.615. The molecule has 0 aromatic carbocycles. The third kappa shape index (κ3) is 3.26. The number of hydrogen-bond acceptors (Lipinski definition) is 5. The number of nitrogens with zero attached hydrogens (tertiary/aromatic N) is 5. The Hall–Kier alpha value is -2.55. The normalized spacial score (nSPS) is 34.5. The van der Waals surface area contributed by atoms with Crippen molar-refractivity contribution in [1.82, 2.24) is 24.7 Å². The van der Waals surface area contributed by atoms with E-state index in [1.54, 1.807) is 0 Å². The summed E-state index contributed by atoms with van der Waals surface area (Å²) in [7, 11) is 0. The molecule has 3 aromatic rings. The number of alkyl halides is 3. The van der Waals surface area contributed by atoms with E-state index in [0.717, 1.165) is 35.2 Å². The van der Waals surface area contributed by atoms with Gasteiger partial charge in [0.1, 0.15) is 5.82 Å². The van der Waals surface area contributed by atoms with Crippen molar-refractivity contribution in [2.75, 3.05) is 0 Å². The zero-order valence-corrected chi connectivity index (χ0v) is 19.8. The van der Waals surface area contributed by atoms with Gasteiger partial charge >= 0.3 is 6.18 Å². The number of pyridine rings is 1. The van der Waals surface area contributed by atoms with E-state index in [1.807, 2.05) is 29.9 Å². The summed E-state index contributed by atoms with van der Waals surface area (Å²) in [6.45, 7) is 3.97. The molecule has 1 saturated heterocycles. The van der Waals surface area contributed by atoms with Gasteiger partial charge in [-0.3, -0.25) is 4.68 Å². The summed E-state index contributed by atoms with van der Waals surface area (Å²) in [5.74, 6) is 0.730. The Morgan fingerprint density at radius 2 is 1.83 bits per heavy atom. The first kappa shape index (κ1) is 21.7. The summed E-state index contributed by atoms with van der Waals surface area (Å²) >= 11 is 0. The molecule has 0 N–H and O–H groups in total. The highest BCUT2D eigenvalue weighted by Gasteiger charge is 2.79. The lowest BCUT2D eigenvalue weighted by Gasteiger charge is -2.70. The summed E-state index contributed by atoms with van der Waals surface area (Å²) in [4.78, 5) is 14.5. The van der Waals surface area contributed by atoms with E-state index in [2.05, 4.69) is 23.2 Å². The average Bonchev–Trinajstić information content (AvgIpc) is 3.46. The molecule has 9 heteroatoms. The van der Waals surface area contributed by atoms with Gasteiger partial charge in [-0.15, -0.1) is 0 Å². The molecule has 1 aliphatic heterocycles. The molecule has 0 unspecified atom stereocenters. The van der Waals surface area contributed by atoms with Crippen LogP contribution < -0.4 is 0 Å². The lowest BCUT2D eigenvalue weighted by Crippen LogP contribution is -2.70. The quantitative estimate of drug-likeness (QED) is 0.464. The molecule has 4 saturated carbocycles. The molecular weight excluding hydrogens is 455 g/mol. The molecule has 0 amide bonds. The van der Waals surface area contributed by atoms with Crippen LogP contribution in [0.1, 0.15) is 92.7 Å². The Morgan fingerprint density at radius 1 is 1.06 bits per heavy atom. The van der Waals surface area contributed by atoms with Crippen molar-refractivity contribution in [1.29, 1.82) is 0 Å². The predicted molar refractivity (Wildman–Crippen MR) is 122 cm³/mol. The van der Waals surface area contributed by atoms with E-state index < -0.39 is 17.0 Å². The van der Waals surface area contributed by atoms with Crippen LogP contribution in [0.2, 0.25) is 0 Å². The summed E-state index contributed by atoms with van der Waals surface area (Å²) in [5, 5.41) is 5.32. The van der Waals surface area contributed by atoms with Crippen LogP contribution >= 0.6 is 0 Å². The summed E-state index contributed by atoms with van der Waals surface area (Å²) in [5.41, 5.74) is 1.21. The first-order chi connectivity index (χ1) is 16.6. The summed E-state index contributed by atoms with van der Waals surface area (Å²) in [6.07, 6.45) is 3.94. The van der Waals surface area contributed by atoms with Gasteiger partial charge in [-0.25, -0.2) is 15.0 Å². The van der Waals surface area contributed by atoms with Crippen LogP contribution in [-0.4, -0.2) is 37.0 Å². The molecule has 6 nitrogen and oxygen atoms in total. The van der Waals surface area contributed by atoms with Gasteiger partial charge in [0.15, 0.2) is 5.65 Å². The van der Waals surface area contributed by atoms with E-state index in [9.17, 15) is 13.2 Å². The van der Waals surface area contributed by atoms with Crippen LogP contribution in [-0.2, 0) is 10.2 Å². The van der Waals surface area contributed by atoms with Gasteiger partial charge in [0, 0.05) is 34.2 Å². The van der Waals surface area contributed by atoms with E-state index >= 15 is 0 Å². The van der Waals surface area contributed by atoms with Gasteiger partial charge < -0.3 is 4.74 Å². The zero-order chi connectivity index (χ0) is 24.2. The van der Waals surface area contributed by atoms with Gasteiger partial charge in [0.25, 0.3) is 0 Å². The van der Waals surface area contributed by atoms with E-state index in [-0.39, 0.29) is 37.4 Å². The molecule has 3 aromatic heterocycles. The fourth-order valence-corrected chi connectivity index (χ4v) is 6.68. The minimum Gasteiger partial charge on any atom is -0.370 e. The number of fused-ring (bicyclic) bond motifs is 1. The van der Waals surface area contributed by atoms with Crippen molar-refractivity contribution >= 4 is 11.0 Å². The third-order valence-corrected chi connectivity index (χ3v) is 8.64. The molecule has 2 bridgehead atoms. The molecule has 5 fully saturated rings. The van der Waals surface area contributed by atoms with Gasteiger partial charge in [0.05, 0.1) is 35.6 Å². The minimum absolute atomic E-state index is 0.0136. The largest absolute Gasteiger partial charge is 0.394 e. The van der Waals surface area contributed by atoms with Crippen molar-refractivity contribution < 1.29 is 17.9 Å². The molecule has 35 heavy (non-hydrogen) atoms. The van der Waals surface area contributed by atoms with Gasteiger partial charge in [-0.05, 0) is 70.9 Å². The second kappa shape index (κ2) is 7.02. The van der Waals surface area contributed by atoms with Crippen LogP contribution in [0.4, 0.5) is 13.2 Å². The fourth-order valence-electron chi connectivity index (χ4n) is 6.68. The van der Waals surface area contributed by atoms with Crippen molar-refractivity contribution in [3.8, 4) is 0 Å². The Kier molecular flexibility index (Phi) is 4.35. The smallest absolute Gasteiger partial charge is 0.370 e. The second-order valence-electron chi connectivity index (χ2n) is 11.4. The summed E-state index contributed by atoms with van der Waals surface area (Å²) in [6, 6.07) is 4.33. The number of rotatable bonds is 4. The molecular formula is C26H28F3N5O. The second-order valence-corrected chi connectivity index (χ2v) is 11.4. The molecule has 4 aliphatic carbocycles. The molecule has 5 aliphatic rings. The van der Waals surface area contributed by atoms with Gasteiger partial charge in [-0.2, -0.15) is 18.3 Å². The number of ether oxygens (including phenoxy) is 1. The lowest BCUT2D eigenvalue weighted by atomic mass is 9.33. The van der Waals surface area contributed by atoms with Crippen molar-refractivity contribution in [2.24, 2.45) is 5.41 Å². The predicted octanol–water partition coefficient (Wildman–Crippen LogP) is 5.87. The summed E-state index contributed by atoms with van der Waals surface area (Å²) < 4.78 is 49.1.